The van der Waals surface area contributed by atoms with Crippen LogP contribution in [0.5, 0.6) is 0 Å². The Morgan fingerprint density at radius 2 is 2.00 bits per heavy atom. The van der Waals surface area contributed by atoms with Crippen molar-refractivity contribution in [1.82, 2.24) is 15.2 Å². The average Bonchev–Trinajstić information content (AvgIpc) is 3.11. The summed E-state index contributed by atoms with van der Waals surface area (Å²) >= 11 is 0. The number of pyridine rings is 1. The molecule has 1 aliphatic rings. The van der Waals surface area contributed by atoms with E-state index in [1.54, 1.807) is 0 Å². The van der Waals surface area contributed by atoms with Crippen LogP contribution >= 0.6 is 24.0 Å². The Bertz CT molecular complexity index is 660. The fourth-order valence-electron chi connectivity index (χ4n) is 3.39. The number of hydrogen-bond donors (Lipinski definition) is 1. The number of halogens is 1. The Balaban J connectivity index is 0.00000243. The smallest absolute Gasteiger partial charge is 0.193 e. The number of rotatable bonds is 6. The molecule has 140 valence electrons. The lowest BCUT2D eigenvalue weighted by Gasteiger charge is -2.21. The van der Waals surface area contributed by atoms with Crippen molar-refractivity contribution in [1.29, 1.82) is 0 Å². The second kappa shape index (κ2) is 11.2. The first-order valence-corrected chi connectivity index (χ1v) is 9.32. The molecule has 1 aliphatic heterocycles. The first kappa shape index (κ1) is 20.7. The van der Waals surface area contributed by atoms with Gasteiger partial charge in [0, 0.05) is 44.5 Å². The number of nitrogens with zero attached hydrogens (tertiary/aromatic N) is 3. The molecule has 2 aromatic rings. The van der Waals surface area contributed by atoms with E-state index in [1.807, 2.05) is 18.3 Å². The Labute approximate surface area is 174 Å². The first-order chi connectivity index (χ1) is 12.3. The number of aromatic nitrogens is 1. The monoisotopic (exact) mass is 464 g/mol. The highest BCUT2D eigenvalue weighted by atomic mass is 127. The maximum Gasteiger partial charge on any atom is 0.193 e. The van der Waals surface area contributed by atoms with Crippen LogP contribution in [0.1, 0.15) is 24.6 Å². The van der Waals surface area contributed by atoms with E-state index in [-0.39, 0.29) is 24.0 Å². The van der Waals surface area contributed by atoms with E-state index < -0.39 is 0 Å². The number of nitrogens with one attached hydrogen (secondary N) is 1. The zero-order chi connectivity index (χ0) is 17.3. The topological polar surface area (TPSA) is 40.5 Å². The summed E-state index contributed by atoms with van der Waals surface area (Å²) in [6.45, 7) is 5.99. The van der Waals surface area contributed by atoms with Crippen molar-refractivity contribution in [3.8, 4) is 0 Å². The summed E-state index contributed by atoms with van der Waals surface area (Å²) in [7, 11) is 0. The lowest BCUT2D eigenvalue weighted by molar-refractivity contribution is 0.460. The zero-order valence-corrected chi connectivity index (χ0v) is 17.8. The minimum atomic E-state index is 0. The van der Waals surface area contributed by atoms with Gasteiger partial charge in [0.15, 0.2) is 5.96 Å². The van der Waals surface area contributed by atoms with Gasteiger partial charge in [-0.1, -0.05) is 36.4 Å². The van der Waals surface area contributed by atoms with Gasteiger partial charge < -0.3 is 10.2 Å². The molecule has 0 saturated carbocycles. The van der Waals surface area contributed by atoms with Gasteiger partial charge >= 0.3 is 0 Å². The van der Waals surface area contributed by atoms with Crippen molar-refractivity contribution >= 4 is 29.9 Å². The molecule has 0 radical (unpaired) electrons. The lowest BCUT2D eigenvalue weighted by atomic mass is 9.99. The van der Waals surface area contributed by atoms with Crippen LogP contribution < -0.4 is 5.32 Å². The number of benzene rings is 1. The standard InChI is InChI=1S/C21H28N4.HI/c1-2-22-21(24-14-11-20-10-6-7-13-23-20)25-15-12-19(17-25)16-18-8-4-3-5-9-18;/h3-10,13,19H,2,11-12,14-17H2,1H3,(H,22,24);1H. The number of aliphatic imine (C=N–C) groups is 1. The van der Waals surface area contributed by atoms with Crippen LogP contribution in [0.3, 0.4) is 0 Å². The Kier molecular flexibility index (Phi) is 8.88. The van der Waals surface area contributed by atoms with Crippen molar-refractivity contribution in [2.75, 3.05) is 26.2 Å². The van der Waals surface area contributed by atoms with Gasteiger partial charge in [-0.15, -0.1) is 24.0 Å². The van der Waals surface area contributed by atoms with Crippen LogP contribution in [0.4, 0.5) is 0 Å². The third kappa shape index (κ3) is 6.27. The molecular formula is C21H29IN4. The Hall–Kier alpha value is -1.63. The summed E-state index contributed by atoms with van der Waals surface area (Å²) in [4.78, 5) is 11.6. The van der Waals surface area contributed by atoms with Crippen molar-refractivity contribution in [2.45, 2.75) is 26.2 Å². The molecule has 4 nitrogen and oxygen atoms in total. The minimum Gasteiger partial charge on any atom is -0.357 e. The summed E-state index contributed by atoms with van der Waals surface area (Å²) < 4.78 is 0. The van der Waals surface area contributed by atoms with Crippen molar-refractivity contribution in [2.24, 2.45) is 10.9 Å². The summed E-state index contributed by atoms with van der Waals surface area (Å²) in [6.07, 6.45) is 5.13. The molecule has 1 saturated heterocycles. The quantitative estimate of drug-likeness (QED) is 0.402. The second-order valence-corrected chi connectivity index (χ2v) is 6.60. The van der Waals surface area contributed by atoms with E-state index in [9.17, 15) is 0 Å². The molecule has 0 bridgehead atoms. The van der Waals surface area contributed by atoms with Crippen LogP contribution in [-0.2, 0) is 12.8 Å². The fourth-order valence-corrected chi connectivity index (χ4v) is 3.39. The van der Waals surface area contributed by atoms with E-state index >= 15 is 0 Å². The molecule has 3 rings (SSSR count). The van der Waals surface area contributed by atoms with E-state index in [0.29, 0.717) is 5.92 Å². The third-order valence-electron chi connectivity index (χ3n) is 4.64. The number of likely N-dealkylation sites (tertiary alicyclic amines) is 1. The van der Waals surface area contributed by atoms with E-state index in [2.05, 4.69) is 58.5 Å². The summed E-state index contributed by atoms with van der Waals surface area (Å²) in [5, 5.41) is 3.45. The summed E-state index contributed by atoms with van der Waals surface area (Å²) in [5.74, 6) is 1.76. The average molecular weight is 464 g/mol. The summed E-state index contributed by atoms with van der Waals surface area (Å²) in [6, 6.07) is 16.9. The predicted octanol–water partition coefficient (Wildman–Crippen LogP) is 3.77. The van der Waals surface area contributed by atoms with Gasteiger partial charge in [-0.05, 0) is 43.4 Å². The maximum absolute atomic E-state index is 4.82. The highest BCUT2D eigenvalue weighted by molar-refractivity contribution is 14.0. The number of hydrogen-bond acceptors (Lipinski definition) is 2. The predicted molar refractivity (Wildman–Crippen MR) is 119 cm³/mol. The molecule has 1 aromatic carbocycles. The van der Waals surface area contributed by atoms with Crippen LogP contribution in [0.15, 0.2) is 59.7 Å². The van der Waals surface area contributed by atoms with Crippen LogP contribution in [0, 0.1) is 5.92 Å². The molecule has 1 N–H and O–H groups in total. The Morgan fingerprint density at radius 3 is 2.73 bits per heavy atom. The van der Waals surface area contributed by atoms with Gasteiger partial charge in [0.25, 0.3) is 0 Å². The third-order valence-corrected chi connectivity index (χ3v) is 4.64. The first-order valence-electron chi connectivity index (χ1n) is 9.32. The van der Waals surface area contributed by atoms with Gasteiger partial charge in [0.05, 0.1) is 0 Å². The molecule has 0 amide bonds. The molecule has 1 aromatic heterocycles. The lowest BCUT2D eigenvalue weighted by Crippen LogP contribution is -2.40. The minimum absolute atomic E-state index is 0. The van der Waals surface area contributed by atoms with Crippen LogP contribution in [0.2, 0.25) is 0 Å². The van der Waals surface area contributed by atoms with Gasteiger partial charge in [-0.25, -0.2) is 0 Å². The molecule has 0 spiro atoms. The van der Waals surface area contributed by atoms with Crippen LogP contribution in [-0.4, -0.2) is 42.0 Å². The van der Waals surface area contributed by atoms with Gasteiger partial charge in [-0.3, -0.25) is 9.98 Å². The summed E-state index contributed by atoms with van der Waals surface area (Å²) in [5.41, 5.74) is 2.54. The highest BCUT2D eigenvalue weighted by Crippen LogP contribution is 2.20. The van der Waals surface area contributed by atoms with E-state index in [1.165, 1.54) is 12.0 Å². The van der Waals surface area contributed by atoms with Crippen molar-refractivity contribution in [3.05, 3.63) is 66.0 Å². The molecule has 5 heteroatoms. The zero-order valence-electron chi connectivity index (χ0n) is 15.5. The van der Waals surface area contributed by atoms with Gasteiger partial charge in [0.2, 0.25) is 0 Å². The molecule has 2 heterocycles. The molecule has 0 aliphatic carbocycles. The van der Waals surface area contributed by atoms with Crippen molar-refractivity contribution < 1.29 is 0 Å². The fraction of sp³-hybridized carbons (Fsp3) is 0.429. The Morgan fingerprint density at radius 1 is 1.19 bits per heavy atom. The molecule has 26 heavy (non-hydrogen) atoms. The highest BCUT2D eigenvalue weighted by Gasteiger charge is 2.24. The van der Waals surface area contributed by atoms with Gasteiger partial charge in [0.1, 0.15) is 0 Å². The molecule has 1 fully saturated rings. The van der Waals surface area contributed by atoms with Crippen LogP contribution in [0.25, 0.3) is 0 Å². The van der Waals surface area contributed by atoms with E-state index in [4.69, 9.17) is 4.99 Å². The molecule has 1 atom stereocenters. The molecule has 1 unspecified atom stereocenters. The number of guanidine groups is 1. The SMILES string of the molecule is CCNC(=NCCc1ccccn1)N1CCC(Cc2ccccc2)C1.I. The van der Waals surface area contributed by atoms with Gasteiger partial charge in [-0.2, -0.15) is 0 Å². The van der Waals surface area contributed by atoms with E-state index in [0.717, 1.165) is 50.7 Å². The largest absolute Gasteiger partial charge is 0.357 e. The normalized spacial score (nSPS) is 17.0. The van der Waals surface area contributed by atoms with Crippen molar-refractivity contribution in [3.63, 3.8) is 0 Å². The second-order valence-electron chi connectivity index (χ2n) is 6.60. The maximum atomic E-state index is 4.82. The molecular weight excluding hydrogens is 435 g/mol.